The molecule has 0 saturated heterocycles. The van der Waals surface area contributed by atoms with Gasteiger partial charge in [-0.25, -0.2) is 0 Å². The molecule has 0 bridgehead atoms. The number of rotatable bonds is 8. The smallest absolute Gasteiger partial charge is 0.0558 e. The molecule has 0 aliphatic heterocycles. The Labute approximate surface area is 81.6 Å². The van der Waals surface area contributed by atoms with E-state index in [1.54, 1.807) is 0 Å². The lowest BCUT2D eigenvalue weighted by Crippen LogP contribution is -2.21. The molecule has 0 atom stereocenters. The number of aliphatic hydroxyl groups excluding tert-OH is 1. The van der Waals surface area contributed by atoms with Crippen molar-refractivity contribution in [3.63, 3.8) is 0 Å². The van der Waals surface area contributed by atoms with E-state index in [1.165, 1.54) is 6.42 Å². The van der Waals surface area contributed by atoms with E-state index in [9.17, 15) is 0 Å². The summed E-state index contributed by atoms with van der Waals surface area (Å²) in [5.41, 5.74) is 0. The van der Waals surface area contributed by atoms with Crippen molar-refractivity contribution >= 4 is 0 Å². The number of hydrogen-bond acceptors (Lipinski definition) is 2. The Morgan fingerprint density at radius 1 is 1.31 bits per heavy atom. The highest BCUT2D eigenvalue weighted by Crippen LogP contribution is 1.96. The second-order valence-corrected chi connectivity index (χ2v) is 3.18. The van der Waals surface area contributed by atoms with E-state index >= 15 is 0 Å². The molecule has 13 heavy (non-hydrogen) atoms. The minimum absolute atomic E-state index is 0.237. The van der Waals surface area contributed by atoms with E-state index in [4.69, 9.17) is 5.11 Å². The second-order valence-electron chi connectivity index (χ2n) is 3.18. The zero-order chi connectivity index (χ0) is 9.94. The van der Waals surface area contributed by atoms with Crippen LogP contribution in [0.4, 0.5) is 0 Å². The van der Waals surface area contributed by atoms with Gasteiger partial charge < -0.3 is 10.0 Å². The maximum Gasteiger partial charge on any atom is 0.0558 e. The number of likely N-dealkylation sites (N-methyl/N-ethyl adjacent to an activating group) is 1. The zero-order valence-corrected chi connectivity index (χ0v) is 8.58. The average Bonchev–Trinajstić information content (AvgIpc) is 2.11. The molecule has 0 unspecified atom stereocenters. The fourth-order valence-corrected chi connectivity index (χ4v) is 1.01. The molecule has 0 heterocycles. The minimum atomic E-state index is 0.237. The van der Waals surface area contributed by atoms with Gasteiger partial charge in [-0.2, -0.15) is 0 Å². The highest BCUT2D eigenvalue weighted by atomic mass is 16.3. The van der Waals surface area contributed by atoms with Gasteiger partial charge in [-0.15, -0.1) is 6.58 Å². The number of allylic oxidation sites excluding steroid dienone is 2. The van der Waals surface area contributed by atoms with Gasteiger partial charge in [0, 0.05) is 13.1 Å². The predicted molar refractivity (Wildman–Crippen MR) is 57.8 cm³/mol. The molecule has 0 fully saturated rings. The third-order valence-electron chi connectivity index (χ3n) is 1.84. The van der Waals surface area contributed by atoms with E-state index in [0.717, 1.165) is 25.9 Å². The Morgan fingerprint density at radius 3 is 2.69 bits per heavy atom. The monoisotopic (exact) mass is 183 g/mol. The molecule has 0 aromatic heterocycles. The first kappa shape index (κ1) is 12.4. The normalized spacial score (nSPS) is 11.3. The Bertz CT molecular complexity index is 143. The van der Waals surface area contributed by atoms with Crippen LogP contribution >= 0.6 is 0 Å². The van der Waals surface area contributed by atoms with Gasteiger partial charge in [0.1, 0.15) is 0 Å². The van der Waals surface area contributed by atoms with E-state index in [2.05, 4.69) is 23.6 Å². The Hall–Kier alpha value is -0.600. The molecular weight excluding hydrogens is 162 g/mol. The van der Waals surface area contributed by atoms with Gasteiger partial charge in [-0.05, 0) is 26.3 Å². The second kappa shape index (κ2) is 9.49. The van der Waals surface area contributed by atoms with Crippen molar-refractivity contribution in [3.8, 4) is 0 Å². The summed E-state index contributed by atoms with van der Waals surface area (Å²) in [5.74, 6) is 0. The number of aliphatic hydroxyl groups is 1. The molecular formula is C11H21NO. The summed E-state index contributed by atoms with van der Waals surface area (Å²) in [6.07, 6.45) is 9.70. The molecule has 0 rings (SSSR count). The van der Waals surface area contributed by atoms with Crippen LogP contribution in [0.2, 0.25) is 0 Å². The van der Waals surface area contributed by atoms with E-state index in [-0.39, 0.29) is 6.61 Å². The fourth-order valence-electron chi connectivity index (χ4n) is 1.01. The summed E-state index contributed by atoms with van der Waals surface area (Å²) in [6, 6.07) is 0. The molecule has 0 saturated carbocycles. The SMILES string of the molecule is C=CCCC/C=C/CN(C)CCO. The van der Waals surface area contributed by atoms with Crippen LogP contribution in [0.1, 0.15) is 19.3 Å². The van der Waals surface area contributed by atoms with Crippen molar-refractivity contribution in [2.75, 3.05) is 26.7 Å². The van der Waals surface area contributed by atoms with Crippen LogP contribution in [0.5, 0.6) is 0 Å². The molecule has 0 radical (unpaired) electrons. The third-order valence-corrected chi connectivity index (χ3v) is 1.84. The molecule has 0 aliphatic rings. The van der Waals surface area contributed by atoms with Gasteiger partial charge in [0.25, 0.3) is 0 Å². The maximum absolute atomic E-state index is 8.63. The summed E-state index contributed by atoms with van der Waals surface area (Å²) in [4.78, 5) is 2.09. The predicted octanol–water partition coefficient (Wildman–Crippen LogP) is 1.82. The zero-order valence-electron chi connectivity index (χ0n) is 8.58. The van der Waals surface area contributed by atoms with Gasteiger partial charge in [0.05, 0.1) is 6.61 Å². The lowest BCUT2D eigenvalue weighted by Gasteiger charge is -2.11. The number of unbranched alkanes of at least 4 members (excludes halogenated alkanes) is 2. The lowest BCUT2D eigenvalue weighted by molar-refractivity contribution is 0.232. The molecule has 0 amide bonds. The topological polar surface area (TPSA) is 23.5 Å². The maximum atomic E-state index is 8.63. The van der Waals surface area contributed by atoms with Crippen LogP contribution in [-0.4, -0.2) is 36.8 Å². The first-order valence-corrected chi connectivity index (χ1v) is 4.86. The van der Waals surface area contributed by atoms with Crippen molar-refractivity contribution in [2.24, 2.45) is 0 Å². The summed E-state index contributed by atoms with van der Waals surface area (Å²) in [7, 11) is 2.00. The van der Waals surface area contributed by atoms with Crippen LogP contribution in [0.25, 0.3) is 0 Å². The first-order valence-electron chi connectivity index (χ1n) is 4.86. The summed E-state index contributed by atoms with van der Waals surface area (Å²) in [6.45, 7) is 5.58. The quantitative estimate of drug-likeness (QED) is 0.458. The Kier molecular flexibility index (Phi) is 9.05. The van der Waals surface area contributed by atoms with Crippen molar-refractivity contribution in [1.82, 2.24) is 4.90 Å². The molecule has 0 aromatic rings. The summed E-state index contributed by atoms with van der Waals surface area (Å²) < 4.78 is 0. The average molecular weight is 183 g/mol. The lowest BCUT2D eigenvalue weighted by atomic mass is 10.2. The molecule has 0 aliphatic carbocycles. The van der Waals surface area contributed by atoms with E-state index in [1.807, 2.05) is 13.1 Å². The molecule has 2 nitrogen and oxygen atoms in total. The molecule has 1 N–H and O–H groups in total. The first-order chi connectivity index (χ1) is 6.31. The van der Waals surface area contributed by atoms with Crippen LogP contribution < -0.4 is 0 Å². The van der Waals surface area contributed by atoms with Crippen molar-refractivity contribution in [3.05, 3.63) is 24.8 Å². The van der Waals surface area contributed by atoms with Crippen LogP contribution in [0, 0.1) is 0 Å². The number of hydrogen-bond donors (Lipinski definition) is 1. The molecule has 76 valence electrons. The van der Waals surface area contributed by atoms with Gasteiger partial charge in [-0.1, -0.05) is 18.2 Å². The van der Waals surface area contributed by atoms with E-state index < -0.39 is 0 Å². The van der Waals surface area contributed by atoms with Gasteiger partial charge >= 0.3 is 0 Å². The standard InChI is InChI=1S/C11H21NO/c1-3-4-5-6-7-8-9-12(2)10-11-13/h3,7-8,13H,1,4-6,9-11H2,2H3/b8-7+. The van der Waals surface area contributed by atoms with E-state index in [0.29, 0.717) is 0 Å². The van der Waals surface area contributed by atoms with Crippen molar-refractivity contribution in [2.45, 2.75) is 19.3 Å². The summed E-state index contributed by atoms with van der Waals surface area (Å²) in [5, 5.41) is 8.63. The largest absolute Gasteiger partial charge is 0.395 e. The highest BCUT2D eigenvalue weighted by molar-refractivity contribution is 4.84. The van der Waals surface area contributed by atoms with Gasteiger partial charge in [0.15, 0.2) is 0 Å². The molecule has 0 aromatic carbocycles. The Balaban J connectivity index is 3.24. The molecule has 0 spiro atoms. The van der Waals surface area contributed by atoms with Crippen molar-refractivity contribution in [1.29, 1.82) is 0 Å². The van der Waals surface area contributed by atoms with Crippen LogP contribution in [-0.2, 0) is 0 Å². The van der Waals surface area contributed by atoms with Gasteiger partial charge in [0.2, 0.25) is 0 Å². The number of nitrogens with zero attached hydrogens (tertiary/aromatic N) is 1. The van der Waals surface area contributed by atoms with Gasteiger partial charge in [-0.3, -0.25) is 0 Å². The van der Waals surface area contributed by atoms with Crippen molar-refractivity contribution < 1.29 is 5.11 Å². The summed E-state index contributed by atoms with van der Waals surface area (Å²) >= 11 is 0. The minimum Gasteiger partial charge on any atom is -0.395 e. The third kappa shape index (κ3) is 9.31. The Morgan fingerprint density at radius 2 is 2.08 bits per heavy atom. The van der Waals surface area contributed by atoms with Crippen LogP contribution in [0.3, 0.4) is 0 Å². The fraction of sp³-hybridized carbons (Fsp3) is 0.636. The van der Waals surface area contributed by atoms with Crippen LogP contribution in [0.15, 0.2) is 24.8 Å². The highest BCUT2D eigenvalue weighted by Gasteiger charge is 1.91. The molecule has 2 heteroatoms.